The summed E-state index contributed by atoms with van der Waals surface area (Å²) in [6.45, 7) is 3.35. The molecule has 0 saturated carbocycles. The van der Waals surface area contributed by atoms with E-state index in [1.165, 1.54) is 109 Å². The number of aromatic nitrogens is 3. The Bertz CT molecular complexity index is 1570. The Morgan fingerprint density at radius 1 is 0.535 bits per heavy atom. The van der Waals surface area contributed by atoms with Crippen molar-refractivity contribution in [2.24, 2.45) is 14.1 Å². The fraction of sp³-hybridized carbons (Fsp3) is 0.350. The standard InChI is InChI=1S/C40H49N3/c1-4-5-6-7-8-9-10-11-12-15-30-43-39-31-33(20-24-35-18-13-16-28-41(35)2)22-26-37(39)38-27-23-34(32-40(38)43)21-25-36-19-14-17-29-42(36)3/h13-14,16-29,31-32H,4-12,15,30H2,1-3H3/q+2. The van der Waals surface area contributed by atoms with E-state index in [-0.39, 0.29) is 0 Å². The summed E-state index contributed by atoms with van der Waals surface area (Å²) < 4.78 is 6.89. The third-order valence-electron chi connectivity index (χ3n) is 8.73. The summed E-state index contributed by atoms with van der Waals surface area (Å²) in [5.41, 5.74) is 7.52. The molecule has 0 N–H and O–H groups in total. The Kier molecular flexibility index (Phi) is 11.0. The molecule has 0 amide bonds. The van der Waals surface area contributed by atoms with Gasteiger partial charge in [0.25, 0.3) is 0 Å². The normalized spacial score (nSPS) is 12.0. The van der Waals surface area contributed by atoms with Crippen molar-refractivity contribution >= 4 is 46.1 Å². The maximum atomic E-state index is 2.58. The summed E-state index contributed by atoms with van der Waals surface area (Å²) in [5, 5.41) is 2.68. The molecule has 0 aliphatic carbocycles. The van der Waals surface area contributed by atoms with E-state index < -0.39 is 0 Å². The zero-order chi connectivity index (χ0) is 29.9. The minimum atomic E-state index is 1.05. The van der Waals surface area contributed by atoms with Crippen LogP contribution in [0.3, 0.4) is 0 Å². The zero-order valence-corrected chi connectivity index (χ0v) is 26.5. The van der Waals surface area contributed by atoms with Crippen LogP contribution in [-0.4, -0.2) is 4.57 Å². The largest absolute Gasteiger partial charge is 0.340 e. The molecule has 2 aromatic carbocycles. The molecule has 0 unspecified atom stereocenters. The van der Waals surface area contributed by atoms with Crippen LogP contribution in [-0.2, 0) is 20.6 Å². The average molecular weight is 572 g/mol. The van der Waals surface area contributed by atoms with Crippen molar-refractivity contribution in [3.05, 3.63) is 108 Å². The van der Waals surface area contributed by atoms with Gasteiger partial charge in [0.2, 0.25) is 11.4 Å². The van der Waals surface area contributed by atoms with Crippen LogP contribution in [0.4, 0.5) is 0 Å². The summed E-state index contributed by atoms with van der Waals surface area (Å²) in [6.07, 6.45) is 26.7. The van der Waals surface area contributed by atoms with E-state index in [9.17, 15) is 0 Å². The number of nitrogens with zero attached hydrogens (tertiary/aromatic N) is 3. The lowest BCUT2D eigenvalue weighted by Gasteiger charge is -2.09. The maximum Gasteiger partial charge on any atom is 0.204 e. The quantitative estimate of drug-likeness (QED) is 0.0876. The molecule has 0 radical (unpaired) electrons. The second-order valence-electron chi connectivity index (χ2n) is 12.0. The molecule has 3 heterocycles. The Morgan fingerprint density at radius 3 is 1.47 bits per heavy atom. The lowest BCUT2D eigenvalue weighted by Crippen LogP contribution is -2.30. The van der Waals surface area contributed by atoms with Crippen molar-refractivity contribution in [1.29, 1.82) is 0 Å². The van der Waals surface area contributed by atoms with E-state index in [1.807, 2.05) is 0 Å². The predicted molar refractivity (Wildman–Crippen MR) is 184 cm³/mol. The van der Waals surface area contributed by atoms with Crippen LogP contribution in [0.15, 0.2) is 85.2 Å². The number of benzene rings is 2. The summed E-state index contributed by atoms with van der Waals surface area (Å²) in [7, 11) is 4.19. The lowest BCUT2D eigenvalue weighted by atomic mass is 10.1. The molecule has 5 aromatic rings. The molecule has 0 aliphatic heterocycles. The molecule has 3 heteroatoms. The SMILES string of the molecule is CCCCCCCCCCCCn1c2cc(/C=C/c3cccc[n+]3C)ccc2c2ccc(/C=C/c3cccc[n+]3C)cc21. The highest BCUT2D eigenvalue weighted by atomic mass is 15.0. The molecule has 43 heavy (non-hydrogen) atoms. The second kappa shape index (κ2) is 15.5. The van der Waals surface area contributed by atoms with Crippen molar-refractivity contribution in [2.45, 2.75) is 77.7 Å². The highest BCUT2D eigenvalue weighted by molar-refractivity contribution is 6.09. The average Bonchev–Trinajstić information content (AvgIpc) is 3.33. The van der Waals surface area contributed by atoms with Gasteiger partial charge in [0.05, 0.1) is 0 Å². The van der Waals surface area contributed by atoms with Gasteiger partial charge in [0.1, 0.15) is 14.1 Å². The highest BCUT2D eigenvalue weighted by Gasteiger charge is 2.12. The van der Waals surface area contributed by atoms with Gasteiger partial charge in [0.15, 0.2) is 12.4 Å². The van der Waals surface area contributed by atoms with Crippen LogP contribution in [0.5, 0.6) is 0 Å². The van der Waals surface area contributed by atoms with Gasteiger partial charge >= 0.3 is 0 Å². The topological polar surface area (TPSA) is 12.7 Å². The molecule has 0 atom stereocenters. The molecule has 0 spiro atoms. The molecule has 3 aromatic heterocycles. The first-order valence-electron chi connectivity index (χ1n) is 16.5. The van der Waals surface area contributed by atoms with Crippen LogP contribution < -0.4 is 9.13 Å². The van der Waals surface area contributed by atoms with E-state index in [1.54, 1.807) is 0 Å². The molecule has 0 saturated heterocycles. The molecule has 5 rings (SSSR count). The van der Waals surface area contributed by atoms with E-state index in [2.05, 4.69) is 144 Å². The van der Waals surface area contributed by atoms with E-state index >= 15 is 0 Å². The number of hydrogen-bond donors (Lipinski definition) is 0. The first-order valence-corrected chi connectivity index (χ1v) is 16.5. The number of hydrogen-bond acceptors (Lipinski definition) is 0. The fourth-order valence-electron chi connectivity index (χ4n) is 6.12. The van der Waals surface area contributed by atoms with Crippen molar-refractivity contribution in [2.75, 3.05) is 0 Å². The van der Waals surface area contributed by atoms with Gasteiger partial charge in [-0.05, 0) is 54.0 Å². The first-order chi connectivity index (χ1) is 21.1. The molecular formula is C40H49N3+2. The molecule has 0 aliphatic rings. The third kappa shape index (κ3) is 8.10. The number of rotatable bonds is 15. The van der Waals surface area contributed by atoms with Crippen LogP contribution in [0.1, 0.15) is 93.6 Å². The third-order valence-corrected chi connectivity index (χ3v) is 8.73. The number of aryl methyl sites for hydroxylation is 3. The van der Waals surface area contributed by atoms with Gasteiger partial charge < -0.3 is 4.57 Å². The van der Waals surface area contributed by atoms with Gasteiger partial charge in [0, 0.05) is 64.8 Å². The molecular weight excluding hydrogens is 522 g/mol. The zero-order valence-electron chi connectivity index (χ0n) is 26.5. The Labute approximate surface area is 258 Å². The molecule has 0 bridgehead atoms. The van der Waals surface area contributed by atoms with Crippen LogP contribution >= 0.6 is 0 Å². The number of pyridine rings is 2. The minimum absolute atomic E-state index is 1.05. The van der Waals surface area contributed by atoms with E-state index in [0.29, 0.717) is 0 Å². The van der Waals surface area contributed by atoms with Crippen LogP contribution in [0, 0.1) is 0 Å². The Hall–Kier alpha value is -3.98. The Morgan fingerprint density at radius 2 is 1.00 bits per heavy atom. The Balaban J connectivity index is 1.38. The lowest BCUT2D eigenvalue weighted by molar-refractivity contribution is -0.673. The fourth-order valence-corrected chi connectivity index (χ4v) is 6.12. The van der Waals surface area contributed by atoms with Crippen molar-refractivity contribution in [1.82, 2.24) is 4.57 Å². The van der Waals surface area contributed by atoms with Crippen molar-refractivity contribution < 1.29 is 9.13 Å². The van der Waals surface area contributed by atoms with Crippen LogP contribution in [0.25, 0.3) is 46.1 Å². The minimum Gasteiger partial charge on any atom is -0.340 e. The number of unbranched alkanes of at least 4 members (excludes halogenated alkanes) is 9. The van der Waals surface area contributed by atoms with Crippen molar-refractivity contribution in [3.63, 3.8) is 0 Å². The number of fused-ring (bicyclic) bond motifs is 3. The monoisotopic (exact) mass is 571 g/mol. The summed E-state index contributed by atoms with van der Waals surface area (Å²) in [5.74, 6) is 0. The smallest absolute Gasteiger partial charge is 0.204 e. The van der Waals surface area contributed by atoms with Gasteiger partial charge in [-0.25, -0.2) is 9.13 Å². The first kappa shape index (κ1) is 30.5. The predicted octanol–water partition coefficient (Wildman–Crippen LogP) is 9.71. The summed E-state index contributed by atoms with van der Waals surface area (Å²) >= 11 is 0. The van der Waals surface area contributed by atoms with Crippen LogP contribution in [0.2, 0.25) is 0 Å². The molecule has 3 nitrogen and oxygen atoms in total. The highest BCUT2D eigenvalue weighted by Crippen LogP contribution is 2.32. The van der Waals surface area contributed by atoms with Gasteiger partial charge in [-0.2, -0.15) is 0 Å². The summed E-state index contributed by atoms with van der Waals surface area (Å²) in [4.78, 5) is 0. The van der Waals surface area contributed by atoms with E-state index in [0.717, 1.165) is 6.54 Å². The van der Waals surface area contributed by atoms with Gasteiger partial charge in [-0.15, -0.1) is 0 Å². The summed E-state index contributed by atoms with van der Waals surface area (Å²) in [6, 6.07) is 26.5. The molecule has 222 valence electrons. The second-order valence-corrected chi connectivity index (χ2v) is 12.0. The van der Waals surface area contributed by atoms with Crippen molar-refractivity contribution in [3.8, 4) is 0 Å². The van der Waals surface area contributed by atoms with Gasteiger partial charge in [-0.3, -0.25) is 0 Å². The van der Waals surface area contributed by atoms with E-state index in [4.69, 9.17) is 0 Å². The maximum absolute atomic E-state index is 2.58. The molecule has 0 fully saturated rings. The van der Waals surface area contributed by atoms with Gasteiger partial charge in [-0.1, -0.05) is 89.0 Å².